The summed E-state index contributed by atoms with van der Waals surface area (Å²) in [6.45, 7) is 1.70. The summed E-state index contributed by atoms with van der Waals surface area (Å²) < 4.78 is 1.88. The van der Waals surface area contributed by atoms with E-state index in [1.165, 1.54) is 0 Å². The first-order valence-corrected chi connectivity index (χ1v) is 9.14. The number of carbonyl (C=O) groups is 1. The lowest BCUT2D eigenvalue weighted by atomic mass is 9.96. The van der Waals surface area contributed by atoms with Gasteiger partial charge in [0.25, 0.3) is 0 Å². The van der Waals surface area contributed by atoms with E-state index < -0.39 is 0 Å². The number of pyridine rings is 1. The molecule has 1 fully saturated rings. The van der Waals surface area contributed by atoms with E-state index >= 15 is 0 Å². The Labute approximate surface area is 152 Å². The third kappa shape index (κ3) is 4.12. The smallest absolute Gasteiger partial charge is 0.227 e. The lowest BCUT2D eigenvalue weighted by Crippen LogP contribution is -2.38. The highest BCUT2D eigenvalue weighted by Gasteiger charge is 2.25. The minimum absolute atomic E-state index is 0.0498. The summed E-state index contributed by atoms with van der Waals surface area (Å²) in [4.78, 5) is 19.1. The molecule has 0 atom stereocenters. The van der Waals surface area contributed by atoms with Crippen molar-refractivity contribution in [2.75, 3.05) is 23.3 Å². The quantitative estimate of drug-likeness (QED) is 0.769. The van der Waals surface area contributed by atoms with Crippen molar-refractivity contribution in [1.82, 2.24) is 4.98 Å². The van der Waals surface area contributed by atoms with Gasteiger partial charge in [0.1, 0.15) is 5.82 Å². The van der Waals surface area contributed by atoms with E-state index in [1.54, 1.807) is 6.20 Å². The molecule has 0 unspecified atom stereocenters. The molecule has 4 nitrogen and oxygen atoms in total. The van der Waals surface area contributed by atoms with Crippen molar-refractivity contribution in [1.29, 1.82) is 0 Å². The highest BCUT2D eigenvalue weighted by Crippen LogP contribution is 2.26. The van der Waals surface area contributed by atoms with Crippen molar-refractivity contribution in [3.05, 3.63) is 51.5 Å². The molecule has 1 aliphatic heterocycles. The number of carbonyl (C=O) groups excluding carboxylic acids is 1. The minimum atomic E-state index is 0.0498. The fourth-order valence-corrected chi connectivity index (χ4v) is 3.34. The van der Waals surface area contributed by atoms with Crippen LogP contribution in [0.3, 0.4) is 0 Å². The molecule has 0 radical (unpaired) electrons. The zero-order valence-corrected chi connectivity index (χ0v) is 15.7. The van der Waals surface area contributed by atoms with Gasteiger partial charge in [-0.15, -0.1) is 0 Å². The molecular formula is C17H17Br2N3O. The molecule has 120 valence electrons. The Kier molecular flexibility index (Phi) is 5.33. The SMILES string of the molecule is O=C(Nc1ccccc1Br)C1CCN(c2ccc(Br)cn2)CC1. The first-order valence-electron chi connectivity index (χ1n) is 7.55. The number of halogens is 2. The van der Waals surface area contributed by atoms with Gasteiger partial charge in [0, 0.05) is 34.1 Å². The van der Waals surface area contributed by atoms with Crippen molar-refractivity contribution in [3.8, 4) is 0 Å². The van der Waals surface area contributed by atoms with Gasteiger partial charge >= 0.3 is 0 Å². The molecule has 1 amide bonds. The predicted molar refractivity (Wildman–Crippen MR) is 99.6 cm³/mol. The molecule has 1 saturated heterocycles. The molecule has 1 aromatic heterocycles. The van der Waals surface area contributed by atoms with Crippen LogP contribution >= 0.6 is 31.9 Å². The molecule has 0 saturated carbocycles. The summed E-state index contributed by atoms with van der Waals surface area (Å²) in [5, 5.41) is 3.02. The Morgan fingerprint density at radius 2 is 1.87 bits per heavy atom. The highest BCUT2D eigenvalue weighted by molar-refractivity contribution is 9.10. The zero-order valence-electron chi connectivity index (χ0n) is 12.5. The summed E-state index contributed by atoms with van der Waals surface area (Å²) in [7, 11) is 0. The van der Waals surface area contributed by atoms with E-state index in [9.17, 15) is 4.79 Å². The van der Waals surface area contributed by atoms with Crippen LogP contribution in [0.2, 0.25) is 0 Å². The average Bonchev–Trinajstić information content (AvgIpc) is 2.58. The number of benzene rings is 1. The van der Waals surface area contributed by atoms with Crippen molar-refractivity contribution >= 4 is 49.3 Å². The molecule has 3 rings (SSSR count). The Balaban J connectivity index is 1.57. The topological polar surface area (TPSA) is 45.2 Å². The van der Waals surface area contributed by atoms with E-state index in [-0.39, 0.29) is 11.8 Å². The number of nitrogens with zero attached hydrogens (tertiary/aromatic N) is 2. The van der Waals surface area contributed by atoms with Gasteiger partial charge in [0.15, 0.2) is 0 Å². The van der Waals surface area contributed by atoms with Gasteiger partial charge in [-0.2, -0.15) is 0 Å². The van der Waals surface area contributed by atoms with E-state index in [1.807, 2.05) is 36.4 Å². The van der Waals surface area contributed by atoms with Crippen LogP contribution in [0.1, 0.15) is 12.8 Å². The van der Waals surface area contributed by atoms with Gasteiger partial charge < -0.3 is 10.2 Å². The fraction of sp³-hybridized carbons (Fsp3) is 0.294. The van der Waals surface area contributed by atoms with Crippen molar-refractivity contribution in [2.24, 2.45) is 5.92 Å². The molecule has 23 heavy (non-hydrogen) atoms. The van der Waals surface area contributed by atoms with Crippen LogP contribution in [0.5, 0.6) is 0 Å². The van der Waals surface area contributed by atoms with E-state index in [0.29, 0.717) is 0 Å². The predicted octanol–water partition coefficient (Wildman–Crippen LogP) is 4.46. The largest absolute Gasteiger partial charge is 0.357 e. The molecule has 2 heterocycles. The summed E-state index contributed by atoms with van der Waals surface area (Å²) in [5.74, 6) is 1.12. The number of amides is 1. The van der Waals surface area contributed by atoms with Crippen molar-refractivity contribution in [3.63, 3.8) is 0 Å². The van der Waals surface area contributed by atoms with Crippen LogP contribution in [-0.2, 0) is 4.79 Å². The second-order valence-corrected chi connectivity index (χ2v) is 7.34. The number of rotatable bonds is 3. The van der Waals surface area contributed by atoms with Crippen LogP contribution in [0.4, 0.5) is 11.5 Å². The monoisotopic (exact) mass is 437 g/mol. The third-order valence-corrected chi connectivity index (χ3v) is 5.19. The molecule has 1 N–H and O–H groups in total. The number of anilines is 2. The Hall–Kier alpha value is -1.40. The maximum Gasteiger partial charge on any atom is 0.227 e. The van der Waals surface area contributed by atoms with E-state index in [4.69, 9.17) is 0 Å². The van der Waals surface area contributed by atoms with Crippen LogP contribution < -0.4 is 10.2 Å². The van der Waals surface area contributed by atoms with Gasteiger partial charge in [-0.1, -0.05) is 12.1 Å². The Morgan fingerprint density at radius 1 is 1.13 bits per heavy atom. The van der Waals surface area contributed by atoms with Gasteiger partial charge in [-0.3, -0.25) is 4.79 Å². The van der Waals surface area contributed by atoms with Gasteiger partial charge in [0.05, 0.1) is 5.69 Å². The second kappa shape index (κ2) is 7.45. The zero-order chi connectivity index (χ0) is 16.2. The summed E-state index contributed by atoms with van der Waals surface area (Å²) in [6, 6.07) is 11.7. The lowest BCUT2D eigenvalue weighted by Gasteiger charge is -2.32. The van der Waals surface area contributed by atoms with Gasteiger partial charge in [-0.25, -0.2) is 4.98 Å². The molecule has 1 aromatic carbocycles. The molecule has 1 aliphatic rings. The number of nitrogens with one attached hydrogen (secondary N) is 1. The first-order chi connectivity index (χ1) is 11.1. The molecule has 2 aromatic rings. The fourth-order valence-electron chi connectivity index (χ4n) is 2.72. The number of aromatic nitrogens is 1. The van der Waals surface area contributed by atoms with Crippen LogP contribution in [0.25, 0.3) is 0 Å². The molecular weight excluding hydrogens is 422 g/mol. The Morgan fingerprint density at radius 3 is 2.52 bits per heavy atom. The first kappa shape index (κ1) is 16.5. The highest BCUT2D eigenvalue weighted by atomic mass is 79.9. The van der Waals surface area contributed by atoms with Crippen molar-refractivity contribution < 1.29 is 4.79 Å². The third-order valence-electron chi connectivity index (χ3n) is 4.03. The summed E-state index contributed by atoms with van der Waals surface area (Å²) in [6.07, 6.45) is 3.49. The maximum atomic E-state index is 12.4. The standard InChI is InChI=1S/C17H17Br2N3O/c18-13-5-6-16(20-11-13)22-9-7-12(8-10-22)17(23)21-15-4-2-1-3-14(15)19/h1-6,11-12H,7-10H2,(H,21,23). The maximum absolute atomic E-state index is 12.4. The lowest BCUT2D eigenvalue weighted by molar-refractivity contribution is -0.120. The van der Waals surface area contributed by atoms with Crippen molar-refractivity contribution in [2.45, 2.75) is 12.8 Å². The molecule has 0 bridgehead atoms. The van der Waals surface area contributed by atoms with Crippen LogP contribution in [-0.4, -0.2) is 24.0 Å². The molecule has 6 heteroatoms. The summed E-state index contributed by atoms with van der Waals surface area (Å²) >= 11 is 6.86. The summed E-state index contributed by atoms with van der Waals surface area (Å²) in [5.41, 5.74) is 0.828. The normalized spacial score (nSPS) is 15.5. The van der Waals surface area contributed by atoms with Crippen LogP contribution in [0, 0.1) is 5.92 Å². The van der Waals surface area contributed by atoms with Gasteiger partial charge in [-0.05, 0) is 69.0 Å². The van der Waals surface area contributed by atoms with Crippen LogP contribution in [0.15, 0.2) is 51.5 Å². The number of hydrogen-bond acceptors (Lipinski definition) is 3. The number of piperidine rings is 1. The number of para-hydroxylation sites is 1. The van der Waals surface area contributed by atoms with Gasteiger partial charge in [0.2, 0.25) is 5.91 Å². The Bertz CT molecular complexity index is 682. The minimum Gasteiger partial charge on any atom is -0.357 e. The molecule has 0 aliphatic carbocycles. The van der Waals surface area contributed by atoms with E-state index in [2.05, 4.69) is 47.1 Å². The number of hydrogen-bond donors (Lipinski definition) is 1. The average molecular weight is 439 g/mol. The molecule has 0 spiro atoms. The van der Waals surface area contributed by atoms with E-state index in [0.717, 1.165) is 46.4 Å². The second-order valence-electron chi connectivity index (χ2n) is 5.57.